The summed E-state index contributed by atoms with van der Waals surface area (Å²) in [7, 11) is 3.53. The number of rotatable bonds is 8. The van der Waals surface area contributed by atoms with Crippen LogP contribution in [0.4, 0.5) is 0 Å². The molecule has 0 bridgehead atoms. The number of benzene rings is 1. The van der Waals surface area contributed by atoms with Crippen molar-refractivity contribution in [2.45, 2.75) is 26.2 Å². The molecule has 1 aliphatic rings. The first kappa shape index (κ1) is 18.6. The standard InChI is InChI=1S/C19H32N4O/c1-4-12-23-13-10-17(15-23)14-22-19(20-2)21-11-9-16-5-7-18(24-3)8-6-16/h5-8,17H,4,9-15H2,1-3H3,(H2,20,21,22). The lowest BCUT2D eigenvalue weighted by Crippen LogP contribution is -2.41. The van der Waals surface area contributed by atoms with Gasteiger partial charge in [0, 0.05) is 26.7 Å². The highest BCUT2D eigenvalue weighted by Gasteiger charge is 2.21. The molecule has 0 aromatic heterocycles. The maximum atomic E-state index is 5.18. The Morgan fingerprint density at radius 3 is 2.75 bits per heavy atom. The number of nitrogens with zero attached hydrogens (tertiary/aromatic N) is 2. The van der Waals surface area contributed by atoms with Crippen LogP contribution in [0.5, 0.6) is 5.75 Å². The van der Waals surface area contributed by atoms with Crippen LogP contribution in [0.1, 0.15) is 25.3 Å². The third-order valence-electron chi connectivity index (χ3n) is 4.56. The molecule has 2 rings (SSSR count). The van der Waals surface area contributed by atoms with Gasteiger partial charge < -0.3 is 20.3 Å². The zero-order valence-electron chi connectivity index (χ0n) is 15.3. The molecule has 1 saturated heterocycles. The van der Waals surface area contributed by atoms with E-state index >= 15 is 0 Å². The maximum Gasteiger partial charge on any atom is 0.190 e. The second-order valence-electron chi connectivity index (χ2n) is 6.43. The largest absolute Gasteiger partial charge is 0.497 e. The fourth-order valence-electron chi connectivity index (χ4n) is 3.18. The maximum absolute atomic E-state index is 5.18. The molecule has 0 spiro atoms. The van der Waals surface area contributed by atoms with Crippen LogP contribution in [0.15, 0.2) is 29.3 Å². The lowest BCUT2D eigenvalue weighted by molar-refractivity contribution is 0.324. The van der Waals surface area contributed by atoms with Gasteiger partial charge in [0.1, 0.15) is 5.75 Å². The molecule has 5 nitrogen and oxygen atoms in total. The van der Waals surface area contributed by atoms with Crippen molar-refractivity contribution >= 4 is 5.96 Å². The quantitative estimate of drug-likeness (QED) is 0.566. The number of hydrogen-bond acceptors (Lipinski definition) is 3. The van der Waals surface area contributed by atoms with Gasteiger partial charge in [-0.1, -0.05) is 19.1 Å². The molecular weight excluding hydrogens is 300 g/mol. The Hall–Kier alpha value is -1.75. The summed E-state index contributed by atoms with van der Waals surface area (Å²) in [6.07, 6.45) is 3.50. The summed E-state index contributed by atoms with van der Waals surface area (Å²) >= 11 is 0. The van der Waals surface area contributed by atoms with Crippen LogP contribution in [0.3, 0.4) is 0 Å². The van der Waals surface area contributed by atoms with E-state index in [4.69, 9.17) is 4.74 Å². The number of methoxy groups -OCH3 is 1. The van der Waals surface area contributed by atoms with Crippen molar-refractivity contribution in [1.82, 2.24) is 15.5 Å². The van der Waals surface area contributed by atoms with Crippen LogP contribution in [-0.2, 0) is 6.42 Å². The molecule has 1 unspecified atom stereocenters. The number of hydrogen-bond donors (Lipinski definition) is 2. The lowest BCUT2D eigenvalue weighted by atomic mass is 10.1. The van der Waals surface area contributed by atoms with Crippen molar-refractivity contribution in [2.24, 2.45) is 10.9 Å². The van der Waals surface area contributed by atoms with Crippen molar-refractivity contribution in [3.8, 4) is 5.75 Å². The summed E-state index contributed by atoms with van der Waals surface area (Å²) in [4.78, 5) is 6.89. The third kappa shape index (κ3) is 6.04. The molecule has 1 aromatic carbocycles. The Morgan fingerprint density at radius 1 is 1.29 bits per heavy atom. The van der Waals surface area contributed by atoms with Crippen LogP contribution in [0.25, 0.3) is 0 Å². The summed E-state index contributed by atoms with van der Waals surface area (Å²) < 4.78 is 5.18. The normalized spacial score (nSPS) is 18.6. The van der Waals surface area contributed by atoms with Gasteiger partial charge >= 0.3 is 0 Å². The van der Waals surface area contributed by atoms with Gasteiger partial charge in [-0.15, -0.1) is 0 Å². The first-order valence-corrected chi connectivity index (χ1v) is 9.05. The van der Waals surface area contributed by atoms with Gasteiger partial charge in [0.2, 0.25) is 0 Å². The molecule has 1 fully saturated rings. The summed E-state index contributed by atoms with van der Waals surface area (Å²) in [5.74, 6) is 2.53. The number of ether oxygens (including phenoxy) is 1. The van der Waals surface area contributed by atoms with Crippen molar-refractivity contribution in [3.63, 3.8) is 0 Å². The molecule has 0 radical (unpaired) electrons. The highest BCUT2D eigenvalue weighted by atomic mass is 16.5. The average molecular weight is 332 g/mol. The van der Waals surface area contributed by atoms with Crippen molar-refractivity contribution < 1.29 is 4.74 Å². The van der Waals surface area contributed by atoms with Crippen LogP contribution < -0.4 is 15.4 Å². The average Bonchev–Trinajstić information content (AvgIpc) is 3.06. The monoisotopic (exact) mass is 332 g/mol. The molecule has 0 amide bonds. The summed E-state index contributed by atoms with van der Waals surface area (Å²) in [6.45, 7) is 7.81. The third-order valence-corrected chi connectivity index (χ3v) is 4.56. The number of aliphatic imine (C=N–C) groups is 1. The first-order chi connectivity index (χ1) is 11.7. The van der Waals surface area contributed by atoms with Gasteiger partial charge in [0.05, 0.1) is 7.11 Å². The van der Waals surface area contributed by atoms with E-state index in [2.05, 4.69) is 39.6 Å². The Morgan fingerprint density at radius 2 is 2.08 bits per heavy atom. The zero-order chi connectivity index (χ0) is 17.2. The Balaban J connectivity index is 1.65. The predicted molar refractivity (Wildman–Crippen MR) is 101 cm³/mol. The van der Waals surface area contributed by atoms with Crippen molar-refractivity contribution in [1.29, 1.82) is 0 Å². The topological polar surface area (TPSA) is 48.9 Å². The summed E-state index contributed by atoms with van der Waals surface area (Å²) in [6, 6.07) is 8.23. The molecule has 1 aromatic rings. The predicted octanol–water partition coefficient (Wildman–Crippen LogP) is 2.13. The van der Waals surface area contributed by atoms with Gasteiger partial charge in [0.25, 0.3) is 0 Å². The van der Waals surface area contributed by atoms with Gasteiger partial charge in [-0.25, -0.2) is 0 Å². The van der Waals surface area contributed by atoms with E-state index in [1.807, 2.05) is 19.2 Å². The van der Waals surface area contributed by atoms with Crippen LogP contribution in [0, 0.1) is 5.92 Å². The molecule has 0 saturated carbocycles. The van der Waals surface area contributed by atoms with Crippen LogP contribution in [0.2, 0.25) is 0 Å². The minimum atomic E-state index is 0.733. The smallest absolute Gasteiger partial charge is 0.190 e. The van der Waals surface area contributed by atoms with Crippen LogP contribution >= 0.6 is 0 Å². The van der Waals surface area contributed by atoms with Crippen molar-refractivity contribution in [2.75, 3.05) is 46.9 Å². The molecule has 1 aliphatic heterocycles. The lowest BCUT2D eigenvalue weighted by Gasteiger charge is -2.17. The molecule has 2 N–H and O–H groups in total. The Labute approximate surface area is 146 Å². The molecule has 134 valence electrons. The molecule has 1 heterocycles. The second kappa shape index (κ2) is 10.2. The number of likely N-dealkylation sites (tertiary alicyclic amines) is 1. The molecule has 0 aliphatic carbocycles. The van der Waals surface area contributed by atoms with Crippen LogP contribution in [-0.4, -0.2) is 57.7 Å². The molecule has 1 atom stereocenters. The van der Waals surface area contributed by atoms with E-state index in [9.17, 15) is 0 Å². The number of nitrogens with one attached hydrogen (secondary N) is 2. The highest BCUT2D eigenvalue weighted by molar-refractivity contribution is 5.79. The second-order valence-corrected chi connectivity index (χ2v) is 6.43. The first-order valence-electron chi connectivity index (χ1n) is 9.05. The molecular formula is C19H32N4O. The van der Waals surface area contributed by atoms with Gasteiger partial charge in [0.15, 0.2) is 5.96 Å². The van der Waals surface area contributed by atoms with E-state index in [0.717, 1.165) is 37.1 Å². The SMILES string of the molecule is CCCN1CCC(CNC(=NC)NCCc2ccc(OC)cc2)C1. The fraction of sp³-hybridized carbons (Fsp3) is 0.632. The zero-order valence-corrected chi connectivity index (χ0v) is 15.3. The Kier molecular flexibility index (Phi) is 7.89. The Bertz CT molecular complexity index is 501. The fourth-order valence-corrected chi connectivity index (χ4v) is 3.18. The summed E-state index contributed by atoms with van der Waals surface area (Å²) in [5, 5.41) is 6.87. The molecule has 24 heavy (non-hydrogen) atoms. The van der Waals surface area contributed by atoms with Gasteiger partial charge in [-0.3, -0.25) is 4.99 Å². The van der Waals surface area contributed by atoms with Gasteiger partial charge in [-0.05, 0) is 56.0 Å². The van der Waals surface area contributed by atoms with Crippen molar-refractivity contribution in [3.05, 3.63) is 29.8 Å². The van der Waals surface area contributed by atoms with E-state index in [-0.39, 0.29) is 0 Å². The molecule has 5 heteroatoms. The van der Waals surface area contributed by atoms with E-state index in [0.29, 0.717) is 0 Å². The van der Waals surface area contributed by atoms with E-state index < -0.39 is 0 Å². The van der Waals surface area contributed by atoms with E-state index in [1.54, 1.807) is 7.11 Å². The summed E-state index contributed by atoms with van der Waals surface area (Å²) in [5.41, 5.74) is 1.30. The number of guanidine groups is 1. The van der Waals surface area contributed by atoms with Gasteiger partial charge in [-0.2, -0.15) is 0 Å². The van der Waals surface area contributed by atoms with E-state index in [1.165, 1.54) is 38.0 Å². The minimum Gasteiger partial charge on any atom is -0.497 e. The minimum absolute atomic E-state index is 0.733. The highest BCUT2D eigenvalue weighted by Crippen LogP contribution is 2.15.